The lowest BCUT2D eigenvalue weighted by Crippen LogP contribution is -2.25. The third kappa shape index (κ3) is 2.99. The molecule has 0 amide bonds. The quantitative estimate of drug-likeness (QED) is 0.845. The monoisotopic (exact) mass is 379 g/mol. The van der Waals surface area contributed by atoms with Crippen molar-refractivity contribution >= 4 is 23.3 Å². The molecule has 6 nitrogen and oxygen atoms in total. The molecule has 0 saturated heterocycles. The summed E-state index contributed by atoms with van der Waals surface area (Å²) in [6, 6.07) is 6.19. The molecule has 1 aromatic heterocycles. The van der Waals surface area contributed by atoms with E-state index < -0.39 is 5.97 Å². The molecule has 1 aliphatic heterocycles. The number of nitrogens with zero attached hydrogens (tertiary/aromatic N) is 3. The third-order valence-corrected chi connectivity index (χ3v) is 5.77. The lowest BCUT2D eigenvalue weighted by atomic mass is 9.92. The van der Waals surface area contributed by atoms with Gasteiger partial charge in [0.2, 0.25) is 0 Å². The second-order valence-corrected chi connectivity index (χ2v) is 7.32. The van der Waals surface area contributed by atoms with Crippen LogP contribution >= 0.6 is 0 Å². The number of ether oxygens (including phenoxy) is 1. The number of carboxylic acids is 1. The summed E-state index contributed by atoms with van der Waals surface area (Å²) in [4.78, 5) is 14.1. The Hall–Kier alpha value is -3.02. The zero-order valence-corrected chi connectivity index (χ0v) is 16.3. The molecular formula is C22H25N3O3. The maximum Gasteiger partial charge on any atom is 0.339 e. The number of hydrogen-bond acceptors (Lipinski definition) is 4. The molecule has 0 bridgehead atoms. The topological polar surface area (TPSA) is 67.6 Å². The van der Waals surface area contributed by atoms with E-state index in [4.69, 9.17) is 4.74 Å². The highest BCUT2D eigenvalue weighted by Crippen LogP contribution is 2.38. The number of rotatable bonds is 5. The highest BCUT2D eigenvalue weighted by molar-refractivity contribution is 5.98. The van der Waals surface area contributed by atoms with Crippen molar-refractivity contribution in [1.82, 2.24) is 14.7 Å². The van der Waals surface area contributed by atoms with E-state index in [0.717, 1.165) is 54.0 Å². The zero-order chi connectivity index (χ0) is 19.8. The first-order valence-electron chi connectivity index (χ1n) is 9.67. The van der Waals surface area contributed by atoms with Gasteiger partial charge in [-0.2, -0.15) is 5.10 Å². The Morgan fingerprint density at radius 2 is 2.18 bits per heavy atom. The van der Waals surface area contributed by atoms with Crippen LogP contribution in [-0.2, 0) is 0 Å². The number of aromatic carboxylic acids is 1. The second kappa shape index (κ2) is 7.19. The van der Waals surface area contributed by atoms with Crippen molar-refractivity contribution in [3.8, 4) is 5.75 Å². The summed E-state index contributed by atoms with van der Waals surface area (Å²) < 4.78 is 7.32. The summed E-state index contributed by atoms with van der Waals surface area (Å²) in [6.07, 6.45) is 6.78. The van der Waals surface area contributed by atoms with E-state index in [9.17, 15) is 9.90 Å². The van der Waals surface area contributed by atoms with Crippen LogP contribution < -0.4 is 4.74 Å². The number of fused-ring (bicyclic) bond motifs is 1. The minimum absolute atomic E-state index is 0.256. The Labute approximate surface area is 164 Å². The highest BCUT2D eigenvalue weighted by Gasteiger charge is 2.30. The van der Waals surface area contributed by atoms with Gasteiger partial charge in [-0.15, -0.1) is 0 Å². The van der Waals surface area contributed by atoms with Gasteiger partial charge in [0.1, 0.15) is 11.3 Å². The van der Waals surface area contributed by atoms with E-state index in [2.05, 4.69) is 29.6 Å². The first kappa shape index (κ1) is 18.3. The molecule has 0 unspecified atom stereocenters. The molecule has 0 spiro atoms. The van der Waals surface area contributed by atoms with E-state index in [1.165, 1.54) is 6.20 Å². The number of methoxy groups -OCH3 is 1. The standard InChI is InChI=1S/C22H25N3O3/c1-4-24-13-16(10-15-11-18(28-3)8-9-19(15)14(24)2)21-20(22(26)27)12-23-25(21)17-6-5-7-17/h8-12,17H,2,4-7,13H2,1,3H3,(H,26,27). The fourth-order valence-corrected chi connectivity index (χ4v) is 3.95. The van der Waals surface area contributed by atoms with E-state index in [-0.39, 0.29) is 11.6 Å². The highest BCUT2D eigenvalue weighted by atomic mass is 16.5. The van der Waals surface area contributed by atoms with Crippen LogP contribution in [-0.4, -0.2) is 46.0 Å². The predicted molar refractivity (Wildman–Crippen MR) is 109 cm³/mol. The maximum atomic E-state index is 11.9. The fourth-order valence-electron chi connectivity index (χ4n) is 3.95. The Morgan fingerprint density at radius 3 is 2.79 bits per heavy atom. The van der Waals surface area contributed by atoms with Gasteiger partial charge in [0, 0.05) is 24.4 Å². The lowest BCUT2D eigenvalue weighted by molar-refractivity contribution is 0.0696. The summed E-state index contributed by atoms with van der Waals surface area (Å²) in [5.41, 5.74) is 4.84. The van der Waals surface area contributed by atoms with Gasteiger partial charge >= 0.3 is 5.97 Å². The van der Waals surface area contributed by atoms with Crippen LogP contribution in [0.2, 0.25) is 0 Å². The van der Waals surface area contributed by atoms with E-state index in [1.54, 1.807) is 7.11 Å². The van der Waals surface area contributed by atoms with Crippen molar-refractivity contribution in [2.24, 2.45) is 0 Å². The fraction of sp³-hybridized carbons (Fsp3) is 0.364. The molecule has 1 N–H and O–H groups in total. The molecule has 4 rings (SSSR count). The minimum Gasteiger partial charge on any atom is -0.497 e. The van der Waals surface area contributed by atoms with Gasteiger partial charge in [0.05, 0.1) is 25.0 Å². The van der Waals surface area contributed by atoms with Crippen molar-refractivity contribution in [1.29, 1.82) is 0 Å². The zero-order valence-electron chi connectivity index (χ0n) is 16.3. The molecule has 0 radical (unpaired) electrons. The normalized spacial score (nSPS) is 16.9. The van der Waals surface area contributed by atoms with Crippen LogP contribution in [0.15, 0.2) is 31.0 Å². The number of carbonyl (C=O) groups is 1. The van der Waals surface area contributed by atoms with E-state index in [1.807, 2.05) is 22.9 Å². The number of benzene rings is 1. The molecule has 6 heteroatoms. The molecule has 1 aromatic carbocycles. The predicted octanol–water partition coefficient (Wildman–Crippen LogP) is 4.16. The molecule has 146 valence electrons. The molecule has 0 atom stereocenters. The largest absolute Gasteiger partial charge is 0.497 e. The number of hydrogen-bond donors (Lipinski definition) is 1. The van der Waals surface area contributed by atoms with E-state index in [0.29, 0.717) is 12.2 Å². The van der Waals surface area contributed by atoms with Crippen LogP contribution in [0.25, 0.3) is 17.3 Å². The first-order chi connectivity index (χ1) is 13.5. The summed E-state index contributed by atoms with van der Waals surface area (Å²) >= 11 is 0. The van der Waals surface area contributed by atoms with Crippen molar-refractivity contribution in [2.45, 2.75) is 32.2 Å². The molecule has 1 fully saturated rings. The average Bonchev–Trinajstić information content (AvgIpc) is 3.01. The van der Waals surface area contributed by atoms with Crippen LogP contribution in [0.3, 0.4) is 0 Å². The number of aromatic nitrogens is 2. The Balaban J connectivity index is 1.91. The molecule has 1 saturated carbocycles. The Morgan fingerprint density at radius 1 is 1.39 bits per heavy atom. The van der Waals surface area contributed by atoms with Gasteiger partial charge in [0.25, 0.3) is 0 Å². The Bertz CT molecular complexity index is 969. The summed E-state index contributed by atoms with van der Waals surface area (Å²) in [7, 11) is 1.64. The third-order valence-electron chi connectivity index (χ3n) is 5.77. The molecule has 2 aromatic rings. The molecule has 2 heterocycles. The summed E-state index contributed by atoms with van der Waals surface area (Å²) in [5.74, 6) is -0.184. The smallest absolute Gasteiger partial charge is 0.339 e. The molecule has 28 heavy (non-hydrogen) atoms. The number of carboxylic acid groups (broad SMARTS) is 1. The molecule has 2 aliphatic rings. The second-order valence-electron chi connectivity index (χ2n) is 7.32. The van der Waals surface area contributed by atoms with Crippen molar-refractivity contribution in [3.05, 3.63) is 53.4 Å². The van der Waals surface area contributed by atoms with Gasteiger partial charge in [-0.1, -0.05) is 6.58 Å². The first-order valence-corrected chi connectivity index (χ1v) is 9.67. The lowest BCUT2D eigenvalue weighted by Gasteiger charge is -2.29. The van der Waals surface area contributed by atoms with Crippen LogP contribution in [0, 0.1) is 0 Å². The van der Waals surface area contributed by atoms with Gasteiger partial charge in [-0.05, 0) is 61.6 Å². The van der Waals surface area contributed by atoms with Crippen molar-refractivity contribution < 1.29 is 14.6 Å². The van der Waals surface area contributed by atoms with Gasteiger partial charge in [-0.3, -0.25) is 4.68 Å². The van der Waals surface area contributed by atoms with Gasteiger partial charge in [0.15, 0.2) is 0 Å². The van der Waals surface area contributed by atoms with Gasteiger partial charge < -0.3 is 14.7 Å². The summed E-state index contributed by atoms with van der Waals surface area (Å²) in [6.45, 7) is 7.74. The SMILES string of the molecule is C=C1c2ccc(OC)cc2C=C(c2c(C(=O)O)cnn2C2CCC2)CN1CC. The average molecular weight is 379 g/mol. The molecular weight excluding hydrogens is 354 g/mol. The van der Waals surface area contributed by atoms with Crippen molar-refractivity contribution in [3.63, 3.8) is 0 Å². The van der Waals surface area contributed by atoms with Crippen molar-refractivity contribution in [2.75, 3.05) is 20.2 Å². The minimum atomic E-state index is -0.946. The van der Waals surface area contributed by atoms with E-state index >= 15 is 0 Å². The van der Waals surface area contributed by atoms with Crippen LogP contribution in [0.5, 0.6) is 5.75 Å². The summed E-state index contributed by atoms with van der Waals surface area (Å²) in [5, 5.41) is 14.2. The van der Waals surface area contributed by atoms with Crippen LogP contribution in [0.4, 0.5) is 0 Å². The van der Waals surface area contributed by atoms with Gasteiger partial charge in [-0.25, -0.2) is 4.79 Å². The van der Waals surface area contributed by atoms with Crippen LogP contribution in [0.1, 0.15) is 59.4 Å². The molecule has 1 aliphatic carbocycles. The Kier molecular flexibility index (Phi) is 4.71. The number of likely N-dealkylation sites (N-methyl/N-ethyl adjacent to an activating group) is 1. The maximum absolute atomic E-state index is 11.9.